The molecular formula is C33H42N4O4Si. The first-order valence-electron chi connectivity index (χ1n) is 14.8. The molecule has 1 N–H and O–H groups in total. The zero-order chi connectivity index (χ0) is 29.7. The summed E-state index contributed by atoms with van der Waals surface area (Å²) in [6, 6.07) is 18.7. The van der Waals surface area contributed by atoms with Gasteiger partial charge in [0.1, 0.15) is 17.9 Å². The number of nitrogens with zero attached hydrogens (tertiary/aromatic N) is 3. The van der Waals surface area contributed by atoms with Crippen LogP contribution in [0, 0.1) is 0 Å². The van der Waals surface area contributed by atoms with E-state index < -0.39 is 14.1 Å². The highest BCUT2D eigenvalue weighted by molar-refractivity contribution is 6.74. The molecule has 0 spiro atoms. The summed E-state index contributed by atoms with van der Waals surface area (Å²) < 4.78 is 27.0. The van der Waals surface area contributed by atoms with Crippen LogP contribution in [0.5, 0.6) is 0 Å². The minimum absolute atomic E-state index is 0.118. The van der Waals surface area contributed by atoms with Crippen LogP contribution in [0.2, 0.25) is 18.1 Å². The number of fused-ring (bicyclic) bond motifs is 2. The van der Waals surface area contributed by atoms with E-state index in [1.165, 1.54) is 5.56 Å². The zero-order valence-corrected chi connectivity index (χ0v) is 26.7. The number of benzene rings is 2. The standard InChI is InChI=1S/C33H42N4O4Si/c1-32(2,3)42(6,7)39-18-17-22-13-15-24(16-14-22)35-31-34-19-25-26(23-11-9-8-10-12-23)20-37(29(25)36-31)30-28-27(21-38-30)40-33(4,5)41-28/h8-16,19-20,27-28,30H,17-18,21H2,1-7H3,(H,34,35,36)/t27-,28-,30-/m1/s1. The molecule has 0 unspecified atom stereocenters. The van der Waals surface area contributed by atoms with Crippen LogP contribution in [0.1, 0.15) is 46.4 Å². The number of nitrogens with one attached hydrogen (secondary N) is 1. The molecule has 4 aromatic rings. The maximum absolute atomic E-state index is 6.36. The first kappa shape index (κ1) is 29.0. The van der Waals surface area contributed by atoms with Crippen molar-refractivity contribution in [2.24, 2.45) is 0 Å². The number of aromatic nitrogens is 3. The topological polar surface area (TPSA) is 79.7 Å². The fraction of sp³-hybridized carbons (Fsp3) is 0.455. The SMILES string of the molecule is CC1(C)O[C@H]2[C@H](n3cc(-c4ccccc4)c4cnc(Nc5ccc(CCO[Si](C)(C)C(C)(C)C)cc5)nc43)OC[C@H]2O1. The van der Waals surface area contributed by atoms with Crippen molar-refractivity contribution in [3.8, 4) is 11.1 Å². The van der Waals surface area contributed by atoms with Gasteiger partial charge in [-0.15, -0.1) is 0 Å². The fourth-order valence-corrected chi connectivity index (χ4v) is 6.46. The lowest BCUT2D eigenvalue weighted by atomic mass is 10.1. The second-order valence-electron chi connectivity index (χ2n) is 13.3. The molecule has 2 aliphatic heterocycles. The van der Waals surface area contributed by atoms with Crippen LogP contribution < -0.4 is 5.32 Å². The van der Waals surface area contributed by atoms with Gasteiger partial charge in [0.2, 0.25) is 5.95 Å². The van der Waals surface area contributed by atoms with Crippen LogP contribution in [0.3, 0.4) is 0 Å². The van der Waals surface area contributed by atoms with Crippen molar-refractivity contribution in [2.45, 2.75) is 83.4 Å². The maximum Gasteiger partial charge on any atom is 0.229 e. The van der Waals surface area contributed by atoms with Gasteiger partial charge >= 0.3 is 0 Å². The van der Waals surface area contributed by atoms with Gasteiger partial charge in [0.15, 0.2) is 20.3 Å². The molecule has 222 valence electrons. The highest BCUT2D eigenvalue weighted by atomic mass is 28.4. The molecule has 42 heavy (non-hydrogen) atoms. The number of hydrogen-bond donors (Lipinski definition) is 1. The largest absolute Gasteiger partial charge is 0.416 e. The Kier molecular flexibility index (Phi) is 7.51. The molecular weight excluding hydrogens is 544 g/mol. The monoisotopic (exact) mass is 586 g/mol. The zero-order valence-electron chi connectivity index (χ0n) is 25.7. The Labute approximate surface area is 249 Å². The summed E-state index contributed by atoms with van der Waals surface area (Å²) in [5, 5.41) is 4.56. The molecule has 4 heterocycles. The molecule has 2 aromatic heterocycles. The highest BCUT2D eigenvalue weighted by Crippen LogP contribution is 2.42. The number of anilines is 2. The van der Waals surface area contributed by atoms with E-state index in [0.29, 0.717) is 12.6 Å². The first-order chi connectivity index (χ1) is 19.9. The van der Waals surface area contributed by atoms with Crippen molar-refractivity contribution in [3.05, 3.63) is 72.6 Å². The van der Waals surface area contributed by atoms with Crippen LogP contribution in [0.4, 0.5) is 11.6 Å². The van der Waals surface area contributed by atoms with Gasteiger partial charge in [0.25, 0.3) is 0 Å². The molecule has 0 radical (unpaired) electrons. The Morgan fingerprint density at radius 3 is 2.50 bits per heavy atom. The maximum atomic E-state index is 6.36. The van der Waals surface area contributed by atoms with Crippen molar-refractivity contribution in [3.63, 3.8) is 0 Å². The van der Waals surface area contributed by atoms with Gasteiger partial charge in [-0.25, -0.2) is 4.98 Å². The molecule has 0 bridgehead atoms. The van der Waals surface area contributed by atoms with Gasteiger partial charge in [-0.2, -0.15) is 4.98 Å². The van der Waals surface area contributed by atoms with Crippen LogP contribution in [-0.4, -0.2) is 54.1 Å². The predicted molar refractivity (Wildman–Crippen MR) is 168 cm³/mol. The fourth-order valence-electron chi connectivity index (χ4n) is 5.42. The summed E-state index contributed by atoms with van der Waals surface area (Å²) in [7, 11) is -1.75. The summed E-state index contributed by atoms with van der Waals surface area (Å²) in [4.78, 5) is 9.67. The minimum atomic E-state index is -1.75. The van der Waals surface area contributed by atoms with E-state index in [1.54, 1.807) is 0 Å². The molecule has 0 aliphatic carbocycles. The smallest absolute Gasteiger partial charge is 0.229 e. The van der Waals surface area contributed by atoms with Gasteiger partial charge in [-0.3, -0.25) is 0 Å². The molecule has 0 amide bonds. The van der Waals surface area contributed by atoms with Gasteiger partial charge in [-0.1, -0.05) is 63.2 Å². The van der Waals surface area contributed by atoms with Gasteiger partial charge in [0.05, 0.1) is 6.61 Å². The Bertz CT molecular complexity index is 1550. The van der Waals surface area contributed by atoms with Crippen LogP contribution in [0.15, 0.2) is 67.0 Å². The molecule has 2 aromatic carbocycles. The Morgan fingerprint density at radius 2 is 1.79 bits per heavy atom. The molecule has 0 saturated carbocycles. The Morgan fingerprint density at radius 1 is 1.05 bits per heavy atom. The molecule has 2 aliphatic rings. The Hall–Kier alpha value is -3.08. The Balaban J connectivity index is 1.24. The summed E-state index contributed by atoms with van der Waals surface area (Å²) >= 11 is 0. The summed E-state index contributed by atoms with van der Waals surface area (Å²) in [5.41, 5.74) is 5.09. The molecule has 3 atom stereocenters. The lowest BCUT2D eigenvalue weighted by molar-refractivity contribution is -0.183. The van der Waals surface area contributed by atoms with E-state index in [2.05, 4.69) is 86.3 Å². The quantitative estimate of drug-likeness (QED) is 0.215. The highest BCUT2D eigenvalue weighted by Gasteiger charge is 2.51. The van der Waals surface area contributed by atoms with Crippen molar-refractivity contribution in [1.29, 1.82) is 0 Å². The number of ether oxygens (including phenoxy) is 3. The first-order valence-corrected chi connectivity index (χ1v) is 17.7. The lowest BCUT2D eigenvalue weighted by Crippen LogP contribution is -2.41. The third-order valence-electron chi connectivity index (χ3n) is 8.73. The lowest BCUT2D eigenvalue weighted by Gasteiger charge is -2.36. The molecule has 6 rings (SSSR count). The van der Waals surface area contributed by atoms with E-state index in [1.807, 2.05) is 38.2 Å². The van der Waals surface area contributed by atoms with Crippen molar-refractivity contribution >= 4 is 31.0 Å². The van der Waals surface area contributed by atoms with E-state index in [4.69, 9.17) is 28.6 Å². The third-order valence-corrected chi connectivity index (χ3v) is 13.3. The van der Waals surface area contributed by atoms with Crippen molar-refractivity contribution in [2.75, 3.05) is 18.5 Å². The summed E-state index contributed by atoms with van der Waals surface area (Å²) in [6.07, 6.45) is 4.18. The van der Waals surface area contributed by atoms with Gasteiger partial charge in [0, 0.05) is 35.6 Å². The molecule has 9 heteroatoms. The van der Waals surface area contributed by atoms with E-state index in [0.717, 1.165) is 40.9 Å². The molecule has 8 nitrogen and oxygen atoms in total. The molecule has 2 saturated heterocycles. The average molecular weight is 587 g/mol. The number of rotatable bonds is 8. The van der Waals surface area contributed by atoms with E-state index in [9.17, 15) is 0 Å². The van der Waals surface area contributed by atoms with Crippen LogP contribution >= 0.6 is 0 Å². The van der Waals surface area contributed by atoms with Crippen LogP contribution in [0.25, 0.3) is 22.2 Å². The van der Waals surface area contributed by atoms with Gasteiger partial charge in [-0.05, 0) is 61.7 Å². The average Bonchev–Trinajstić information content (AvgIpc) is 3.58. The minimum Gasteiger partial charge on any atom is -0.416 e. The summed E-state index contributed by atoms with van der Waals surface area (Å²) in [5.74, 6) is -0.123. The van der Waals surface area contributed by atoms with Crippen molar-refractivity contribution in [1.82, 2.24) is 14.5 Å². The summed E-state index contributed by atoms with van der Waals surface area (Å²) in [6.45, 7) is 16.5. The van der Waals surface area contributed by atoms with E-state index in [-0.39, 0.29) is 23.5 Å². The second kappa shape index (κ2) is 10.9. The normalized spacial score (nSPS) is 22.0. The van der Waals surface area contributed by atoms with Gasteiger partial charge < -0.3 is 28.5 Å². The van der Waals surface area contributed by atoms with E-state index >= 15 is 0 Å². The third kappa shape index (κ3) is 5.76. The molecule has 2 fully saturated rings. The van der Waals surface area contributed by atoms with Crippen molar-refractivity contribution < 1.29 is 18.6 Å². The number of hydrogen-bond acceptors (Lipinski definition) is 7. The predicted octanol–water partition coefficient (Wildman–Crippen LogP) is 7.46. The van der Waals surface area contributed by atoms with Crippen LogP contribution in [-0.2, 0) is 25.1 Å². The second-order valence-corrected chi connectivity index (χ2v) is 18.1.